The Balaban J connectivity index is 3.05. The van der Waals surface area contributed by atoms with Gasteiger partial charge in [-0.25, -0.2) is 17.5 Å². The Morgan fingerprint density at radius 2 is 2.20 bits per heavy atom. The van der Waals surface area contributed by atoms with Crippen LogP contribution in [0.15, 0.2) is 15.4 Å². The third kappa shape index (κ3) is 4.05. The quantitative estimate of drug-likeness (QED) is 0.578. The van der Waals surface area contributed by atoms with E-state index in [1.165, 1.54) is 7.11 Å². The van der Waals surface area contributed by atoms with Crippen LogP contribution in [-0.4, -0.2) is 28.7 Å². The van der Waals surface area contributed by atoms with Gasteiger partial charge in [0.1, 0.15) is 4.90 Å². The molecule has 0 saturated heterocycles. The minimum absolute atomic E-state index is 0.0224. The molecule has 1 aromatic carbocycles. The van der Waals surface area contributed by atoms with Crippen molar-refractivity contribution in [1.82, 2.24) is 4.72 Å². The number of nitrogens with two attached hydrogens (primary N) is 1. The molecule has 0 saturated carbocycles. The average molecular weight is 390 g/mol. The lowest BCUT2D eigenvalue weighted by molar-refractivity contribution is 0.161. The monoisotopic (exact) mass is 388 g/mol. The normalized spacial score (nSPS) is 13.4. The van der Waals surface area contributed by atoms with Crippen molar-refractivity contribution >= 4 is 43.2 Å². The van der Waals surface area contributed by atoms with Gasteiger partial charge in [-0.2, -0.15) is 0 Å². The Hall–Kier alpha value is -0.410. The minimum Gasteiger partial charge on any atom is -0.395 e. The molecule has 3 N–H and O–H groups in total. The maximum Gasteiger partial charge on any atom is 0.243 e. The van der Waals surface area contributed by atoms with E-state index in [4.69, 9.17) is 22.1 Å². The van der Waals surface area contributed by atoms with Crippen LogP contribution >= 0.6 is 27.5 Å². The molecule has 0 aliphatic carbocycles. The molecule has 0 aromatic heterocycles. The molecule has 9 heteroatoms. The number of methoxy groups -OCH3 is 1. The summed E-state index contributed by atoms with van der Waals surface area (Å²) in [4.78, 5) is -0.576. The second-order valence-electron chi connectivity index (χ2n) is 4.31. The molecule has 20 heavy (non-hydrogen) atoms. The molecule has 0 heterocycles. The van der Waals surface area contributed by atoms with Gasteiger partial charge in [-0.15, -0.1) is 0 Å². The molecule has 1 atom stereocenters. The van der Waals surface area contributed by atoms with E-state index in [1.54, 1.807) is 6.92 Å². The zero-order chi connectivity index (χ0) is 15.5. The summed E-state index contributed by atoms with van der Waals surface area (Å²) in [7, 11) is -2.52. The number of rotatable bonds is 6. The highest BCUT2D eigenvalue weighted by Gasteiger charge is 2.24. The van der Waals surface area contributed by atoms with Crippen molar-refractivity contribution in [3.05, 3.63) is 21.4 Å². The Labute approximate surface area is 130 Å². The average Bonchev–Trinajstić information content (AvgIpc) is 2.38. The SMILES string of the molecule is COCC(C)CNS(=O)(=O)c1cc(Cl)c(Br)c(N)c1F. The fraction of sp³-hybridized carbons (Fsp3) is 0.455. The molecule has 114 valence electrons. The Morgan fingerprint density at radius 1 is 1.60 bits per heavy atom. The first kappa shape index (κ1) is 17.6. The summed E-state index contributed by atoms with van der Waals surface area (Å²) in [5, 5.41) is 0.0224. The van der Waals surface area contributed by atoms with Crippen LogP contribution in [0.2, 0.25) is 5.02 Å². The van der Waals surface area contributed by atoms with Crippen LogP contribution in [0.3, 0.4) is 0 Å². The van der Waals surface area contributed by atoms with Gasteiger partial charge in [-0.1, -0.05) is 18.5 Å². The van der Waals surface area contributed by atoms with Gasteiger partial charge in [0, 0.05) is 20.3 Å². The molecule has 0 aliphatic rings. The van der Waals surface area contributed by atoms with Crippen molar-refractivity contribution < 1.29 is 17.5 Å². The van der Waals surface area contributed by atoms with Gasteiger partial charge < -0.3 is 10.5 Å². The van der Waals surface area contributed by atoms with Crippen LogP contribution in [0, 0.1) is 11.7 Å². The predicted molar refractivity (Wildman–Crippen MR) is 79.8 cm³/mol. The molecule has 0 amide bonds. The van der Waals surface area contributed by atoms with E-state index in [0.29, 0.717) is 6.61 Å². The van der Waals surface area contributed by atoms with E-state index < -0.39 is 20.7 Å². The van der Waals surface area contributed by atoms with Crippen molar-refractivity contribution in [1.29, 1.82) is 0 Å². The zero-order valence-electron chi connectivity index (χ0n) is 10.9. The Kier molecular flexibility index (Phi) is 6.21. The third-order valence-electron chi connectivity index (χ3n) is 2.52. The second kappa shape index (κ2) is 7.04. The molecule has 0 spiro atoms. The molecule has 5 nitrogen and oxygen atoms in total. The predicted octanol–water partition coefficient (Wildman–Crippen LogP) is 2.38. The third-order valence-corrected chi connectivity index (χ3v) is 5.32. The standard InChI is InChI=1S/C11H15BrClFN2O3S/c1-6(5-19-2)4-16-20(17,18)8-3-7(13)9(12)11(15)10(8)14/h3,6,16H,4-5,15H2,1-2H3. The van der Waals surface area contributed by atoms with E-state index in [-0.39, 0.29) is 27.6 Å². The molecule has 1 rings (SSSR count). The molecule has 0 radical (unpaired) electrons. The number of nitrogen functional groups attached to an aromatic ring is 1. The highest BCUT2D eigenvalue weighted by Crippen LogP contribution is 2.34. The molecule has 1 unspecified atom stereocenters. The summed E-state index contributed by atoms with van der Waals surface area (Å²) in [6.45, 7) is 2.29. The Bertz CT molecular complexity index is 598. The fourth-order valence-corrected chi connectivity index (χ4v) is 3.31. The molecule has 0 fully saturated rings. The largest absolute Gasteiger partial charge is 0.395 e. The minimum atomic E-state index is -4.03. The van der Waals surface area contributed by atoms with Crippen molar-refractivity contribution in [2.45, 2.75) is 11.8 Å². The van der Waals surface area contributed by atoms with Gasteiger partial charge in [0.15, 0.2) is 5.82 Å². The van der Waals surface area contributed by atoms with E-state index in [1.807, 2.05) is 0 Å². The van der Waals surface area contributed by atoms with Gasteiger partial charge in [0.25, 0.3) is 0 Å². The van der Waals surface area contributed by atoms with E-state index >= 15 is 0 Å². The van der Waals surface area contributed by atoms with Crippen molar-refractivity contribution in [2.24, 2.45) is 5.92 Å². The van der Waals surface area contributed by atoms with Crippen LogP contribution in [0.5, 0.6) is 0 Å². The van der Waals surface area contributed by atoms with Crippen molar-refractivity contribution in [3.8, 4) is 0 Å². The van der Waals surface area contributed by atoms with E-state index in [2.05, 4.69) is 20.7 Å². The fourth-order valence-electron chi connectivity index (χ4n) is 1.47. The number of anilines is 1. The van der Waals surface area contributed by atoms with Crippen LogP contribution < -0.4 is 10.5 Å². The Morgan fingerprint density at radius 3 is 2.75 bits per heavy atom. The lowest BCUT2D eigenvalue weighted by atomic mass is 10.2. The van der Waals surface area contributed by atoms with E-state index in [9.17, 15) is 12.8 Å². The first-order valence-electron chi connectivity index (χ1n) is 5.62. The number of ether oxygens (including phenoxy) is 1. The highest BCUT2D eigenvalue weighted by atomic mass is 79.9. The van der Waals surface area contributed by atoms with Crippen LogP contribution in [0.4, 0.5) is 10.1 Å². The summed E-state index contributed by atoms with van der Waals surface area (Å²) in [5.74, 6) is -1.09. The molecular formula is C11H15BrClFN2O3S. The van der Waals surface area contributed by atoms with Crippen LogP contribution in [0.1, 0.15) is 6.92 Å². The molecule has 0 aliphatic heterocycles. The van der Waals surface area contributed by atoms with Gasteiger partial charge in [-0.3, -0.25) is 0 Å². The summed E-state index contributed by atoms with van der Waals surface area (Å²) in [5.41, 5.74) is 5.12. The zero-order valence-corrected chi connectivity index (χ0v) is 14.1. The van der Waals surface area contributed by atoms with Crippen molar-refractivity contribution in [3.63, 3.8) is 0 Å². The lowest BCUT2D eigenvalue weighted by Gasteiger charge is -2.14. The van der Waals surface area contributed by atoms with E-state index in [0.717, 1.165) is 6.07 Å². The molecular weight excluding hydrogens is 375 g/mol. The summed E-state index contributed by atoms with van der Waals surface area (Å²) in [6.07, 6.45) is 0. The number of halogens is 3. The first-order valence-corrected chi connectivity index (χ1v) is 8.27. The number of nitrogens with one attached hydrogen (secondary N) is 1. The molecule has 1 aromatic rings. The summed E-state index contributed by atoms with van der Waals surface area (Å²) in [6, 6.07) is 1.01. The maximum atomic E-state index is 14.0. The van der Waals surface area contributed by atoms with Crippen molar-refractivity contribution in [2.75, 3.05) is 26.0 Å². The smallest absolute Gasteiger partial charge is 0.243 e. The van der Waals surface area contributed by atoms with Crippen LogP contribution in [0.25, 0.3) is 0 Å². The van der Waals surface area contributed by atoms with Gasteiger partial charge in [0.05, 0.1) is 15.2 Å². The van der Waals surface area contributed by atoms with Crippen LogP contribution in [-0.2, 0) is 14.8 Å². The molecule has 0 bridgehead atoms. The van der Waals surface area contributed by atoms with Gasteiger partial charge in [0.2, 0.25) is 10.0 Å². The summed E-state index contributed by atoms with van der Waals surface area (Å²) >= 11 is 8.79. The highest BCUT2D eigenvalue weighted by molar-refractivity contribution is 9.10. The lowest BCUT2D eigenvalue weighted by Crippen LogP contribution is -2.30. The number of benzene rings is 1. The number of hydrogen-bond acceptors (Lipinski definition) is 4. The van der Waals surface area contributed by atoms with Gasteiger partial charge in [-0.05, 0) is 27.9 Å². The topological polar surface area (TPSA) is 81.4 Å². The van der Waals surface area contributed by atoms with Gasteiger partial charge >= 0.3 is 0 Å². The second-order valence-corrected chi connectivity index (χ2v) is 7.25. The summed E-state index contributed by atoms with van der Waals surface area (Å²) < 4.78 is 45.4. The first-order chi connectivity index (χ1) is 9.20. The maximum absolute atomic E-state index is 14.0. The number of sulfonamides is 1. The number of hydrogen-bond donors (Lipinski definition) is 2.